The molecule has 8 heavy (non-hydrogen) atoms. The van der Waals surface area contributed by atoms with Crippen LogP contribution in [0.3, 0.4) is 0 Å². The molecule has 0 spiro atoms. The zero-order chi connectivity index (χ0) is 6.04. The van der Waals surface area contributed by atoms with Gasteiger partial charge in [0.15, 0.2) is 0 Å². The molecule has 1 aliphatic rings. The Bertz CT molecular complexity index is 107. The summed E-state index contributed by atoms with van der Waals surface area (Å²) < 4.78 is 0.446. The molecule has 1 nitrogen and oxygen atoms in total. The highest BCUT2D eigenvalue weighted by Crippen LogP contribution is 2.28. The smallest absolute Gasteiger partial charge is 0.0546 e. The number of thioether (sulfide) groups is 1. The van der Waals surface area contributed by atoms with Gasteiger partial charge in [-0.05, 0) is 6.42 Å². The van der Waals surface area contributed by atoms with E-state index >= 15 is 0 Å². The first kappa shape index (κ1) is 6.14. The topological polar surface area (TPSA) is 12.4 Å². The maximum absolute atomic E-state index is 4.11. The summed E-state index contributed by atoms with van der Waals surface area (Å²) in [6.07, 6.45) is 1.22. The molecular formula is C6H11NS. The van der Waals surface area contributed by atoms with Crippen LogP contribution in [0, 0.1) is 0 Å². The molecule has 0 bridgehead atoms. The fourth-order valence-corrected chi connectivity index (χ4v) is 1.30. The third-order valence-electron chi connectivity index (χ3n) is 1.29. The van der Waals surface area contributed by atoms with E-state index in [0.717, 1.165) is 6.54 Å². The SMILES string of the molecule is CC1(C)CCN=CS1. The maximum Gasteiger partial charge on any atom is 0.0546 e. The molecule has 0 amide bonds. The van der Waals surface area contributed by atoms with Crippen molar-refractivity contribution in [1.82, 2.24) is 0 Å². The van der Waals surface area contributed by atoms with Crippen LogP contribution in [0.4, 0.5) is 0 Å². The molecule has 0 saturated carbocycles. The fourth-order valence-electron chi connectivity index (χ4n) is 0.625. The minimum absolute atomic E-state index is 0.446. The third kappa shape index (κ3) is 1.51. The van der Waals surface area contributed by atoms with Gasteiger partial charge in [-0.15, -0.1) is 11.8 Å². The van der Waals surface area contributed by atoms with Crippen LogP contribution >= 0.6 is 11.8 Å². The second-order valence-electron chi connectivity index (χ2n) is 2.64. The van der Waals surface area contributed by atoms with Gasteiger partial charge in [-0.2, -0.15) is 0 Å². The number of rotatable bonds is 0. The van der Waals surface area contributed by atoms with Gasteiger partial charge in [0.25, 0.3) is 0 Å². The van der Waals surface area contributed by atoms with Gasteiger partial charge in [0.1, 0.15) is 0 Å². The Morgan fingerprint density at radius 1 is 1.62 bits per heavy atom. The monoisotopic (exact) mass is 129 g/mol. The lowest BCUT2D eigenvalue weighted by molar-refractivity contribution is 0.649. The lowest BCUT2D eigenvalue weighted by Gasteiger charge is -2.23. The van der Waals surface area contributed by atoms with Gasteiger partial charge in [0, 0.05) is 11.3 Å². The highest BCUT2D eigenvalue weighted by Gasteiger charge is 2.18. The zero-order valence-electron chi connectivity index (χ0n) is 5.35. The van der Waals surface area contributed by atoms with E-state index in [1.807, 2.05) is 17.3 Å². The van der Waals surface area contributed by atoms with Gasteiger partial charge in [-0.25, -0.2) is 0 Å². The molecule has 2 heteroatoms. The van der Waals surface area contributed by atoms with Gasteiger partial charge < -0.3 is 0 Å². The first-order valence-corrected chi connectivity index (χ1v) is 3.75. The van der Waals surface area contributed by atoms with Crippen LogP contribution in [-0.4, -0.2) is 16.8 Å². The van der Waals surface area contributed by atoms with Crippen LogP contribution in [0.5, 0.6) is 0 Å². The largest absolute Gasteiger partial charge is 0.286 e. The molecule has 0 aliphatic carbocycles. The van der Waals surface area contributed by atoms with Crippen LogP contribution in [0.25, 0.3) is 0 Å². The molecule has 46 valence electrons. The van der Waals surface area contributed by atoms with E-state index < -0.39 is 0 Å². The summed E-state index contributed by atoms with van der Waals surface area (Å²) in [5, 5.41) is 0. The molecule has 0 atom stereocenters. The molecule has 0 N–H and O–H groups in total. The van der Waals surface area contributed by atoms with E-state index in [1.54, 1.807) is 0 Å². The number of hydrogen-bond donors (Lipinski definition) is 0. The molecule has 1 heterocycles. The van der Waals surface area contributed by atoms with Crippen molar-refractivity contribution in [2.24, 2.45) is 4.99 Å². The second kappa shape index (κ2) is 2.09. The van der Waals surface area contributed by atoms with Crippen molar-refractivity contribution in [2.75, 3.05) is 6.54 Å². The van der Waals surface area contributed by atoms with Crippen molar-refractivity contribution in [3.63, 3.8) is 0 Å². The summed E-state index contributed by atoms with van der Waals surface area (Å²) in [6.45, 7) is 5.52. The van der Waals surface area contributed by atoms with E-state index in [-0.39, 0.29) is 0 Å². The van der Waals surface area contributed by atoms with E-state index in [0.29, 0.717) is 4.75 Å². The summed E-state index contributed by atoms with van der Waals surface area (Å²) in [6, 6.07) is 0. The van der Waals surface area contributed by atoms with Crippen LogP contribution in [0.1, 0.15) is 20.3 Å². The van der Waals surface area contributed by atoms with Gasteiger partial charge in [0.05, 0.1) is 5.55 Å². The highest BCUT2D eigenvalue weighted by molar-refractivity contribution is 8.13. The van der Waals surface area contributed by atoms with Gasteiger partial charge in [-0.1, -0.05) is 13.8 Å². The quantitative estimate of drug-likeness (QED) is 0.487. The Hall–Kier alpha value is 0.0200. The van der Waals surface area contributed by atoms with Crippen LogP contribution in [-0.2, 0) is 0 Å². The molecule has 1 aliphatic heterocycles. The first-order valence-electron chi connectivity index (χ1n) is 2.87. The molecule has 0 saturated heterocycles. The Balaban J connectivity index is 2.50. The van der Waals surface area contributed by atoms with Gasteiger partial charge in [-0.3, -0.25) is 4.99 Å². The minimum Gasteiger partial charge on any atom is -0.286 e. The lowest BCUT2D eigenvalue weighted by Crippen LogP contribution is -2.18. The fraction of sp³-hybridized carbons (Fsp3) is 0.833. The van der Waals surface area contributed by atoms with E-state index in [4.69, 9.17) is 0 Å². The molecule has 0 aromatic heterocycles. The van der Waals surface area contributed by atoms with Crippen molar-refractivity contribution in [3.05, 3.63) is 0 Å². The van der Waals surface area contributed by atoms with E-state index in [9.17, 15) is 0 Å². The molecule has 0 radical (unpaired) electrons. The molecule has 0 aromatic rings. The number of hydrogen-bond acceptors (Lipinski definition) is 2. The van der Waals surface area contributed by atoms with Crippen LogP contribution < -0.4 is 0 Å². The van der Waals surface area contributed by atoms with Crippen molar-refractivity contribution in [2.45, 2.75) is 25.0 Å². The Morgan fingerprint density at radius 3 is 2.62 bits per heavy atom. The number of nitrogens with zero attached hydrogens (tertiary/aromatic N) is 1. The standard InChI is InChI=1S/C6H11NS/c1-6(2)3-4-7-5-8-6/h5H,3-4H2,1-2H3. The van der Waals surface area contributed by atoms with Crippen molar-refractivity contribution >= 4 is 17.3 Å². The summed E-state index contributed by atoms with van der Waals surface area (Å²) in [4.78, 5) is 4.11. The summed E-state index contributed by atoms with van der Waals surface area (Å²) in [7, 11) is 0. The lowest BCUT2D eigenvalue weighted by atomic mass is 10.1. The average Bonchev–Trinajstić information content (AvgIpc) is 1.65. The second-order valence-corrected chi connectivity index (χ2v) is 4.19. The summed E-state index contributed by atoms with van der Waals surface area (Å²) in [5.41, 5.74) is 1.96. The van der Waals surface area contributed by atoms with E-state index in [1.165, 1.54) is 6.42 Å². The molecule has 0 aromatic carbocycles. The summed E-state index contributed by atoms with van der Waals surface area (Å²) >= 11 is 1.83. The predicted octanol–water partition coefficient (Wildman–Crippen LogP) is 1.93. The molecule has 1 rings (SSSR count). The molecule has 0 unspecified atom stereocenters. The Morgan fingerprint density at radius 2 is 2.38 bits per heavy atom. The first-order chi connectivity index (χ1) is 3.71. The van der Waals surface area contributed by atoms with Crippen molar-refractivity contribution < 1.29 is 0 Å². The normalized spacial score (nSPS) is 25.8. The van der Waals surface area contributed by atoms with Crippen molar-refractivity contribution in [3.8, 4) is 0 Å². The van der Waals surface area contributed by atoms with Crippen molar-refractivity contribution in [1.29, 1.82) is 0 Å². The highest BCUT2D eigenvalue weighted by atomic mass is 32.2. The van der Waals surface area contributed by atoms with Gasteiger partial charge >= 0.3 is 0 Å². The van der Waals surface area contributed by atoms with Crippen LogP contribution in [0.15, 0.2) is 4.99 Å². The minimum atomic E-state index is 0.446. The zero-order valence-corrected chi connectivity index (χ0v) is 6.16. The van der Waals surface area contributed by atoms with Crippen LogP contribution in [0.2, 0.25) is 0 Å². The Labute approximate surface area is 54.6 Å². The molecule has 0 fully saturated rings. The van der Waals surface area contributed by atoms with E-state index in [2.05, 4.69) is 18.8 Å². The third-order valence-corrected chi connectivity index (χ3v) is 2.39. The van der Waals surface area contributed by atoms with Gasteiger partial charge in [0.2, 0.25) is 0 Å². The predicted molar refractivity (Wildman–Crippen MR) is 39.6 cm³/mol. The summed E-state index contributed by atoms with van der Waals surface area (Å²) in [5.74, 6) is 0. The average molecular weight is 129 g/mol. The number of aliphatic imine (C=N–C) groups is 1. The maximum atomic E-state index is 4.11. The molecular weight excluding hydrogens is 118 g/mol. The Kier molecular flexibility index (Phi) is 1.61.